The van der Waals surface area contributed by atoms with Crippen molar-refractivity contribution in [1.29, 1.82) is 0 Å². The summed E-state index contributed by atoms with van der Waals surface area (Å²) in [6.07, 6.45) is 0. The fraction of sp³-hybridized carbons (Fsp3) is 0.0714. The fourth-order valence-corrected chi connectivity index (χ4v) is 1.63. The summed E-state index contributed by atoms with van der Waals surface area (Å²) < 4.78 is 5.15. The fourth-order valence-electron chi connectivity index (χ4n) is 1.63. The molecule has 98 valence electrons. The van der Waals surface area contributed by atoms with E-state index in [1.165, 1.54) is 0 Å². The van der Waals surface area contributed by atoms with E-state index in [1.54, 1.807) is 43.5 Å². The predicted molar refractivity (Wildman–Crippen MR) is 76.5 cm³/mol. The average molecular weight is 257 g/mol. The van der Waals surface area contributed by atoms with Gasteiger partial charge in [0.05, 0.1) is 24.2 Å². The first kappa shape index (κ1) is 12.8. The molecule has 5 heteroatoms. The molecule has 19 heavy (non-hydrogen) atoms. The predicted octanol–water partition coefficient (Wildman–Crippen LogP) is 2.92. The van der Waals surface area contributed by atoms with Gasteiger partial charge in [-0.15, -0.1) is 0 Å². The third-order valence-corrected chi connectivity index (χ3v) is 2.56. The Hall–Kier alpha value is -2.69. The van der Waals surface area contributed by atoms with Crippen molar-refractivity contribution in [1.82, 2.24) is 0 Å². The first-order valence-electron chi connectivity index (χ1n) is 5.76. The number of amides is 2. The van der Waals surface area contributed by atoms with Gasteiger partial charge in [0.1, 0.15) is 5.75 Å². The van der Waals surface area contributed by atoms with Gasteiger partial charge in [-0.2, -0.15) is 0 Å². The minimum atomic E-state index is -0.373. The van der Waals surface area contributed by atoms with E-state index in [2.05, 4.69) is 10.6 Å². The summed E-state index contributed by atoms with van der Waals surface area (Å²) in [6, 6.07) is 13.9. The van der Waals surface area contributed by atoms with E-state index in [9.17, 15) is 4.79 Å². The smallest absolute Gasteiger partial charge is 0.323 e. The normalized spacial score (nSPS) is 9.74. The number of urea groups is 1. The molecule has 4 N–H and O–H groups in total. The van der Waals surface area contributed by atoms with E-state index in [-0.39, 0.29) is 6.03 Å². The second-order valence-corrected chi connectivity index (χ2v) is 3.87. The molecule has 0 saturated heterocycles. The molecule has 0 aliphatic carbocycles. The lowest BCUT2D eigenvalue weighted by atomic mass is 10.2. The number of anilines is 3. The van der Waals surface area contributed by atoms with Crippen LogP contribution in [0, 0.1) is 0 Å². The Morgan fingerprint density at radius 1 is 1.00 bits per heavy atom. The highest BCUT2D eigenvalue weighted by Crippen LogP contribution is 2.23. The Bertz CT molecular complexity index is 584. The molecular weight excluding hydrogens is 242 g/mol. The molecule has 0 spiro atoms. The van der Waals surface area contributed by atoms with E-state index >= 15 is 0 Å². The van der Waals surface area contributed by atoms with Crippen LogP contribution < -0.4 is 21.1 Å². The highest BCUT2D eigenvalue weighted by Gasteiger charge is 2.07. The Kier molecular flexibility index (Phi) is 3.87. The van der Waals surface area contributed by atoms with Crippen LogP contribution in [0.15, 0.2) is 48.5 Å². The van der Waals surface area contributed by atoms with Gasteiger partial charge in [-0.3, -0.25) is 0 Å². The molecule has 0 aliphatic rings. The average Bonchev–Trinajstić information content (AvgIpc) is 2.42. The van der Waals surface area contributed by atoms with Gasteiger partial charge < -0.3 is 21.1 Å². The number of nitrogens with two attached hydrogens (primary N) is 1. The maximum atomic E-state index is 11.9. The van der Waals surface area contributed by atoms with Gasteiger partial charge in [0.25, 0.3) is 0 Å². The molecule has 0 fully saturated rings. The Labute approximate surface area is 111 Å². The quantitative estimate of drug-likeness (QED) is 0.740. The second kappa shape index (κ2) is 5.77. The van der Waals surface area contributed by atoms with Crippen LogP contribution in [-0.4, -0.2) is 13.1 Å². The lowest BCUT2D eigenvalue weighted by Gasteiger charge is -2.11. The van der Waals surface area contributed by atoms with Gasteiger partial charge in [0.15, 0.2) is 0 Å². The van der Waals surface area contributed by atoms with E-state index in [4.69, 9.17) is 10.5 Å². The van der Waals surface area contributed by atoms with Crippen LogP contribution in [0.5, 0.6) is 5.75 Å². The molecule has 0 radical (unpaired) electrons. The molecule has 0 saturated carbocycles. The van der Waals surface area contributed by atoms with Crippen molar-refractivity contribution in [3.63, 3.8) is 0 Å². The van der Waals surface area contributed by atoms with Crippen molar-refractivity contribution < 1.29 is 9.53 Å². The van der Waals surface area contributed by atoms with E-state index in [0.29, 0.717) is 22.8 Å². The zero-order valence-electron chi connectivity index (χ0n) is 10.5. The van der Waals surface area contributed by atoms with Crippen molar-refractivity contribution in [3.05, 3.63) is 48.5 Å². The molecule has 2 aromatic carbocycles. The highest BCUT2D eigenvalue weighted by atomic mass is 16.5. The standard InChI is InChI=1S/C14H15N3O2/c1-19-13-9-5-4-8-12(13)17-14(18)16-11-7-3-2-6-10(11)15/h2-9H,15H2,1H3,(H2,16,17,18). The molecule has 0 aromatic heterocycles. The lowest BCUT2D eigenvalue weighted by Crippen LogP contribution is -2.20. The monoisotopic (exact) mass is 257 g/mol. The summed E-state index contributed by atoms with van der Waals surface area (Å²) in [7, 11) is 1.55. The van der Waals surface area contributed by atoms with Crippen molar-refractivity contribution >= 4 is 23.1 Å². The van der Waals surface area contributed by atoms with Gasteiger partial charge in [0, 0.05) is 0 Å². The van der Waals surface area contributed by atoms with Crippen LogP contribution in [0.1, 0.15) is 0 Å². The van der Waals surface area contributed by atoms with Gasteiger partial charge in [-0.25, -0.2) is 4.79 Å². The summed E-state index contributed by atoms with van der Waals surface area (Å²) in [6.45, 7) is 0. The van der Waals surface area contributed by atoms with Crippen LogP contribution in [0.3, 0.4) is 0 Å². The zero-order chi connectivity index (χ0) is 13.7. The molecule has 5 nitrogen and oxygen atoms in total. The molecule has 0 aliphatic heterocycles. The van der Waals surface area contributed by atoms with E-state index < -0.39 is 0 Å². The number of hydrogen-bond acceptors (Lipinski definition) is 3. The minimum Gasteiger partial charge on any atom is -0.495 e. The van der Waals surface area contributed by atoms with Crippen LogP contribution in [0.4, 0.5) is 21.9 Å². The van der Waals surface area contributed by atoms with Crippen molar-refractivity contribution in [3.8, 4) is 5.75 Å². The van der Waals surface area contributed by atoms with Gasteiger partial charge in [-0.05, 0) is 24.3 Å². The van der Waals surface area contributed by atoms with Crippen molar-refractivity contribution in [2.75, 3.05) is 23.5 Å². The van der Waals surface area contributed by atoms with E-state index in [0.717, 1.165) is 0 Å². The molecular formula is C14H15N3O2. The summed E-state index contributed by atoms with van der Waals surface area (Å²) in [5.74, 6) is 0.596. The number of nitrogen functional groups attached to an aromatic ring is 1. The van der Waals surface area contributed by atoms with Crippen molar-refractivity contribution in [2.24, 2.45) is 0 Å². The molecule has 0 heterocycles. The van der Waals surface area contributed by atoms with Gasteiger partial charge in [0.2, 0.25) is 0 Å². The molecule has 0 bridgehead atoms. The summed E-state index contributed by atoms with van der Waals surface area (Å²) in [5.41, 5.74) is 7.42. The minimum absolute atomic E-state index is 0.373. The number of methoxy groups -OCH3 is 1. The first-order valence-corrected chi connectivity index (χ1v) is 5.76. The number of nitrogens with one attached hydrogen (secondary N) is 2. The Morgan fingerprint density at radius 3 is 2.26 bits per heavy atom. The maximum Gasteiger partial charge on any atom is 0.323 e. The lowest BCUT2D eigenvalue weighted by molar-refractivity contribution is 0.262. The molecule has 2 aromatic rings. The first-order chi connectivity index (χ1) is 9.20. The number of carbonyl (C=O) groups is 1. The molecule has 0 atom stereocenters. The Morgan fingerprint density at radius 2 is 1.58 bits per heavy atom. The third kappa shape index (κ3) is 3.16. The molecule has 2 amide bonds. The number of rotatable bonds is 3. The maximum absolute atomic E-state index is 11.9. The SMILES string of the molecule is COc1ccccc1NC(=O)Nc1ccccc1N. The van der Waals surface area contributed by atoms with Crippen LogP contribution >= 0.6 is 0 Å². The summed E-state index contributed by atoms with van der Waals surface area (Å²) >= 11 is 0. The largest absolute Gasteiger partial charge is 0.495 e. The van der Waals surface area contributed by atoms with E-state index in [1.807, 2.05) is 12.1 Å². The van der Waals surface area contributed by atoms with Crippen LogP contribution in [0.2, 0.25) is 0 Å². The molecule has 2 rings (SSSR count). The highest BCUT2D eigenvalue weighted by molar-refractivity contribution is 6.02. The van der Waals surface area contributed by atoms with Gasteiger partial charge >= 0.3 is 6.03 Å². The number of hydrogen-bond donors (Lipinski definition) is 3. The van der Waals surface area contributed by atoms with Gasteiger partial charge in [-0.1, -0.05) is 24.3 Å². The Balaban J connectivity index is 2.08. The number of para-hydroxylation sites is 4. The summed E-state index contributed by atoms with van der Waals surface area (Å²) in [5, 5.41) is 5.39. The number of ether oxygens (including phenoxy) is 1. The van der Waals surface area contributed by atoms with Crippen LogP contribution in [-0.2, 0) is 0 Å². The third-order valence-electron chi connectivity index (χ3n) is 2.56. The zero-order valence-corrected chi connectivity index (χ0v) is 10.5. The topological polar surface area (TPSA) is 76.4 Å². The number of benzene rings is 2. The number of carbonyl (C=O) groups excluding carboxylic acids is 1. The van der Waals surface area contributed by atoms with Crippen LogP contribution in [0.25, 0.3) is 0 Å². The van der Waals surface area contributed by atoms with Crippen molar-refractivity contribution in [2.45, 2.75) is 0 Å². The summed E-state index contributed by atoms with van der Waals surface area (Å²) in [4.78, 5) is 11.9. The molecule has 0 unspecified atom stereocenters. The second-order valence-electron chi connectivity index (χ2n) is 3.87.